The maximum Gasteiger partial charge on any atom is 0.248 e. The van der Waals surface area contributed by atoms with E-state index in [9.17, 15) is 9.90 Å². The molecular formula is C25H30FN5O3. The minimum atomic E-state index is -1.13. The van der Waals surface area contributed by atoms with Crippen LogP contribution < -0.4 is 10.2 Å². The first-order valence-electron chi connectivity index (χ1n) is 11.7. The summed E-state index contributed by atoms with van der Waals surface area (Å²) in [5.74, 6) is -0.332. The highest BCUT2D eigenvalue weighted by Crippen LogP contribution is 2.33. The van der Waals surface area contributed by atoms with Gasteiger partial charge in [-0.25, -0.2) is 14.4 Å². The standard InChI is InChI=1S/C25H30FN5O3/c1-24(33)9-6-16(7-10-24)29-23(32)25(2)15-34-13-12-31(25)22-19(26)14-28-21(30-22)18-4-3-5-20-17(18)8-11-27-20/h3-5,8,11,14,16,27,33H,6-7,9-10,12-13,15H2,1-2H3,(H,29,32)/t16?,24?,25-/m0/s1. The molecule has 9 heteroatoms. The molecule has 0 unspecified atom stereocenters. The van der Waals surface area contributed by atoms with E-state index < -0.39 is 17.0 Å². The molecule has 0 bridgehead atoms. The molecule has 5 rings (SSSR count). The van der Waals surface area contributed by atoms with Crippen LogP contribution in [0.2, 0.25) is 0 Å². The van der Waals surface area contributed by atoms with Crippen molar-refractivity contribution in [2.45, 2.75) is 56.7 Å². The Balaban J connectivity index is 1.45. The molecule has 1 aliphatic heterocycles. The lowest BCUT2D eigenvalue weighted by Crippen LogP contribution is -2.65. The number of morpholine rings is 1. The Morgan fingerprint density at radius 3 is 2.88 bits per heavy atom. The van der Waals surface area contributed by atoms with E-state index in [1.807, 2.05) is 37.4 Å². The van der Waals surface area contributed by atoms with Crippen LogP contribution in [0.25, 0.3) is 22.3 Å². The molecule has 3 heterocycles. The van der Waals surface area contributed by atoms with Crippen molar-refractivity contribution in [2.24, 2.45) is 0 Å². The number of fused-ring (bicyclic) bond motifs is 1. The lowest BCUT2D eigenvalue weighted by molar-refractivity contribution is -0.131. The third-order valence-corrected chi connectivity index (χ3v) is 7.14. The van der Waals surface area contributed by atoms with Crippen molar-refractivity contribution in [1.82, 2.24) is 20.3 Å². The molecule has 3 aromatic rings. The number of aliphatic hydroxyl groups is 1. The lowest BCUT2D eigenvalue weighted by Gasteiger charge is -2.45. The zero-order valence-electron chi connectivity index (χ0n) is 19.5. The number of ether oxygens (including phenoxy) is 1. The molecule has 0 spiro atoms. The van der Waals surface area contributed by atoms with Gasteiger partial charge in [0, 0.05) is 35.2 Å². The fourth-order valence-corrected chi connectivity index (χ4v) is 4.96. The number of hydrogen-bond donors (Lipinski definition) is 3. The molecule has 1 saturated carbocycles. The van der Waals surface area contributed by atoms with Crippen molar-refractivity contribution in [2.75, 3.05) is 24.7 Å². The van der Waals surface area contributed by atoms with E-state index in [-0.39, 0.29) is 24.4 Å². The van der Waals surface area contributed by atoms with Gasteiger partial charge in [-0.2, -0.15) is 0 Å². The van der Waals surface area contributed by atoms with Crippen molar-refractivity contribution < 1.29 is 19.0 Å². The molecule has 8 nitrogen and oxygen atoms in total. The molecule has 1 amide bonds. The van der Waals surface area contributed by atoms with Crippen LogP contribution in [0, 0.1) is 5.82 Å². The summed E-state index contributed by atoms with van der Waals surface area (Å²) in [5.41, 5.74) is -0.0960. The highest BCUT2D eigenvalue weighted by Gasteiger charge is 2.45. The summed E-state index contributed by atoms with van der Waals surface area (Å²) in [4.78, 5) is 27.2. The number of halogens is 1. The van der Waals surface area contributed by atoms with E-state index in [0.717, 1.165) is 16.5 Å². The van der Waals surface area contributed by atoms with E-state index in [0.29, 0.717) is 44.7 Å². The Morgan fingerprint density at radius 1 is 1.29 bits per heavy atom. The molecule has 1 aliphatic carbocycles. The highest BCUT2D eigenvalue weighted by molar-refractivity contribution is 5.94. The van der Waals surface area contributed by atoms with Crippen molar-refractivity contribution >= 4 is 22.6 Å². The van der Waals surface area contributed by atoms with Gasteiger partial charge in [0.2, 0.25) is 5.91 Å². The van der Waals surface area contributed by atoms with Crippen LogP contribution in [0.5, 0.6) is 0 Å². The topological polar surface area (TPSA) is 103 Å². The minimum Gasteiger partial charge on any atom is -0.390 e. The Morgan fingerprint density at radius 2 is 2.09 bits per heavy atom. The number of benzene rings is 1. The second-order valence-electron chi connectivity index (χ2n) is 9.83. The van der Waals surface area contributed by atoms with E-state index in [2.05, 4.69) is 20.3 Å². The molecule has 2 aromatic heterocycles. The monoisotopic (exact) mass is 467 g/mol. The van der Waals surface area contributed by atoms with Crippen molar-refractivity contribution in [3.63, 3.8) is 0 Å². The van der Waals surface area contributed by atoms with Gasteiger partial charge in [0.05, 0.1) is 25.0 Å². The first kappa shape index (κ1) is 22.7. The molecule has 3 N–H and O–H groups in total. The minimum absolute atomic E-state index is 0.0367. The van der Waals surface area contributed by atoms with Gasteiger partial charge < -0.3 is 25.0 Å². The zero-order valence-corrected chi connectivity index (χ0v) is 19.5. The number of aromatic amines is 1. The Kier molecular flexibility index (Phi) is 5.77. The van der Waals surface area contributed by atoms with Gasteiger partial charge in [0.15, 0.2) is 17.5 Å². The molecule has 1 atom stereocenters. The molecule has 2 aliphatic rings. The molecule has 180 valence electrons. The maximum atomic E-state index is 15.1. The number of rotatable bonds is 4. The summed E-state index contributed by atoms with van der Waals surface area (Å²) in [6.07, 6.45) is 5.66. The largest absolute Gasteiger partial charge is 0.390 e. The number of carbonyl (C=O) groups is 1. The quantitative estimate of drug-likeness (QED) is 0.545. The first-order valence-corrected chi connectivity index (χ1v) is 11.7. The predicted octanol–water partition coefficient (Wildman–Crippen LogP) is 3.17. The van der Waals surface area contributed by atoms with E-state index in [1.54, 1.807) is 11.8 Å². The molecule has 1 saturated heterocycles. The zero-order chi connectivity index (χ0) is 23.9. The number of amides is 1. The molecule has 1 aromatic carbocycles. The summed E-state index contributed by atoms with van der Waals surface area (Å²) in [5, 5.41) is 14.3. The van der Waals surface area contributed by atoms with Crippen molar-refractivity contribution in [3.05, 3.63) is 42.5 Å². The Bertz CT molecular complexity index is 1200. The fourth-order valence-electron chi connectivity index (χ4n) is 4.96. The van der Waals surface area contributed by atoms with Gasteiger partial charge in [0.1, 0.15) is 5.54 Å². The number of nitrogens with one attached hydrogen (secondary N) is 2. The van der Waals surface area contributed by atoms with Crippen molar-refractivity contribution in [1.29, 1.82) is 0 Å². The van der Waals surface area contributed by atoms with Gasteiger partial charge in [-0.05, 0) is 51.7 Å². The van der Waals surface area contributed by atoms with Gasteiger partial charge in [0.25, 0.3) is 0 Å². The van der Waals surface area contributed by atoms with Crippen LogP contribution in [0.3, 0.4) is 0 Å². The Labute approximate surface area is 197 Å². The third kappa shape index (κ3) is 4.14. The molecular weight excluding hydrogens is 437 g/mol. The van der Waals surface area contributed by atoms with E-state index >= 15 is 4.39 Å². The SMILES string of the molecule is CC1(O)CCC(NC(=O)[C@]2(C)COCCN2c2nc(-c3cccc4[nH]ccc34)ncc2F)CC1. The normalized spacial score (nSPS) is 27.6. The van der Waals surface area contributed by atoms with Crippen LogP contribution in [-0.4, -0.2) is 62.9 Å². The fraction of sp³-hybridized carbons (Fsp3) is 0.480. The number of hydrogen-bond acceptors (Lipinski definition) is 6. The number of carbonyl (C=O) groups excluding carboxylic acids is 1. The van der Waals surface area contributed by atoms with Gasteiger partial charge in [-0.1, -0.05) is 12.1 Å². The second kappa shape index (κ2) is 8.63. The van der Waals surface area contributed by atoms with E-state index in [1.165, 1.54) is 6.20 Å². The molecule has 34 heavy (non-hydrogen) atoms. The Hall–Kier alpha value is -3.04. The number of aromatic nitrogens is 3. The van der Waals surface area contributed by atoms with E-state index in [4.69, 9.17) is 4.74 Å². The van der Waals surface area contributed by atoms with Crippen LogP contribution in [0.1, 0.15) is 39.5 Å². The number of nitrogens with zero attached hydrogens (tertiary/aromatic N) is 3. The van der Waals surface area contributed by atoms with Crippen LogP contribution in [-0.2, 0) is 9.53 Å². The van der Waals surface area contributed by atoms with Crippen LogP contribution >= 0.6 is 0 Å². The maximum absolute atomic E-state index is 15.1. The molecule has 2 fully saturated rings. The van der Waals surface area contributed by atoms with Crippen LogP contribution in [0.15, 0.2) is 36.7 Å². The predicted molar refractivity (Wildman–Crippen MR) is 127 cm³/mol. The van der Waals surface area contributed by atoms with Gasteiger partial charge >= 0.3 is 0 Å². The summed E-state index contributed by atoms with van der Waals surface area (Å²) >= 11 is 0. The highest BCUT2D eigenvalue weighted by atomic mass is 19.1. The summed E-state index contributed by atoms with van der Waals surface area (Å²) in [7, 11) is 0. The first-order chi connectivity index (χ1) is 16.3. The van der Waals surface area contributed by atoms with Gasteiger partial charge in [-0.3, -0.25) is 4.79 Å². The average Bonchev–Trinajstić information content (AvgIpc) is 3.30. The third-order valence-electron chi connectivity index (χ3n) is 7.14. The summed E-state index contributed by atoms with van der Waals surface area (Å²) in [6, 6.07) is 7.65. The smallest absolute Gasteiger partial charge is 0.248 e. The van der Waals surface area contributed by atoms with Crippen molar-refractivity contribution in [3.8, 4) is 11.4 Å². The number of H-pyrrole nitrogens is 1. The summed E-state index contributed by atoms with van der Waals surface area (Å²) in [6.45, 7) is 4.39. The lowest BCUT2D eigenvalue weighted by atomic mass is 9.83. The van der Waals surface area contributed by atoms with Gasteiger partial charge in [-0.15, -0.1) is 0 Å². The van der Waals surface area contributed by atoms with Crippen LogP contribution in [0.4, 0.5) is 10.2 Å². The second-order valence-corrected chi connectivity index (χ2v) is 9.83. The summed E-state index contributed by atoms with van der Waals surface area (Å²) < 4.78 is 20.8. The average molecular weight is 468 g/mol. The molecule has 0 radical (unpaired) electrons. The number of anilines is 1.